The average molecular weight is 395 g/mol. The lowest BCUT2D eigenvalue weighted by atomic mass is 10.0. The van der Waals surface area contributed by atoms with Crippen molar-refractivity contribution in [1.29, 1.82) is 0 Å². The topological polar surface area (TPSA) is 58.6 Å². The lowest BCUT2D eigenvalue weighted by Gasteiger charge is -2.21. The van der Waals surface area contributed by atoms with E-state index in [0.717, 1.165) is 37.2 Å². The Morgan fingerprint density at radius 2 is 1.62 bits per heavy atom. The summed E-state index contributed by atoms with van der Waals surface area (Å²) in [4.78, 5) is 27.3. The molecule has 154 valence electrons. The van der Waals surface area contributed by atoms with E-state index < -0.39 is 0 Å². The summed E-state index contributed by atoms with van der Waals surface area (Å²) in [6.07, 6.45) is 4.43. The summed E-state index contributed by atoms with van der Waals surface area (Å²) in [5.41, 5.74) is 2.30. The number of likely N-dealkylation sites (tertiary alicyclic amines) is 1. The van der Waals surface area contributed by atoms with E-state index in [1.54, 1.807) is 18.2 Å². The number of amides is 2. The van der Waals surface area contributed by atoms with Gasteiger partial charge in [-0.2, -0.15) is 0 Å². The van der Waals surface area contributed by atoms with E-state index in [0.29, 0.717) is 17.2 Å². The molecule has 5 nitrogen and oxygen atoms in total. The van der Waals surface area contributed by atoms with Crippen LogP contribution >= 0.6 is 0 Å². The van der Waals surface area contributed by atoms with Crippen molar-refractivity contribution in [2.24, 2.45) is 0 Å². The normalized spacial score (nSPS) is 14.4. The Kier molecular flexibility index (Phi) is 7.28. The van der Waals surface area contributed by atoms with Crippen molar-refractivity contribution in [3.8, 4) is 5.75 Å². The Hall–Kier alpha value is -2.82. The van der Waals surface area contributed by atoms with Crippen LogP contribution in [0, 0.1) is 0 Å². The number of rotatable bonds is 6. The van der Waals surface area contributed by atoms with Crippen LogP contribution in [0.15, 0.2) is 48.5 Å². The smallest absolute Gasteiger partial charge is 0.260 e. The quantitative estimate of drug-likeness (QED) is 0.762. The number of carbonyl (C=O) groups excluding carboxylic acids is 2. The molecule has 0 aliphatic carbocycles. The Bertz CT molecular complexity index is 840. The molecule has 2 amide bonds. The molecule has 1 fully saturated rings. The largest absolute Gasteiger partial charge is 0.483 e. The fourth-order valence-electron chi connectivity index (χ4n) is 3.63. The zero-order chi connectivity index (χ0) is 20.6. The van der Waals surface area contributed by atoms with Gasteiger partial charge in [-0.3, -0.25) is 9.59 Å². The van der Waals surface area contributed by atoms with Crippen molar-refractivity contribution in [3.05, 3.63) is 59.7 Å². The van der Waals surface area contributed by atoms with Crippen molar-refractivity contribution in [3.63, 3.8) is 0 Å². The summed E-state index contributed by atoms with van der Waals surface area (Å²) in [6.45, 7) is 5.71. The summed E-state index contributed by atoms with van der Waals surface area (Å²) in [5, 5.41) is 2.99. The molecule has 29 heavy (non-hydrogen) atoms. The third kappa shape index (κ3) is 5.59. The second-order valence-electron chi connectivity index (χ2n) is 7.78. The monoisotopic (exact) mass is 394 g/mol. The molecule has 0 atom stereocenters. The molecule has 1 N–H and O–H groups in total. The van der Waals surface area contributed by atoms with Gasteiger partial charge in [-0.25, -0.2) is 0 Å². The van der Waals surface area contributed by atoms with Crippen LogP contribution in [0.3, 0.4) is 0 Å². The van der Waals surface area contributed by atoms with Crippen LogP contribution in [0.2, 0.25) is 0 Å². The molecule has 3 rings (SSSR count). The van der Waals surface area contributed by atoms with Crippen LogP contribution < -0.4 is 10.1 Å². The lowest BCUT2D eigenvalue weighted by Crippen LogP contribution is -2.35. The van der Waals surface area contributed by atoms with Gasteiger partial charge in [0.25, 0.3) is 11.8 Å². The van der Waals surface area contributed by atoms with Crippen LogP contribution in [-0.2, 0) is 4.79 Å². The van der Waals surface area contributed by atoms with Crippen molar-refractivity contribution < 1.29 is 14.3 Å². The highest BCUT2D eigenvalue weighted by Gasteiger charge is 2.19. The van der Waals surface area contributed by atoms with Gasteiger partial charge in [0.05, 0.1) is 5.56 Å². The molecule has 0 spiro atoms. The number of hydrogen-bond donors (Lipinski definition) is 1. The Balaban J connectivity index is 1.68. The minimum atomic E-state index is -0.240. The third-order valence-corrected chi connectivity index (χ3v) is 5.27. The van der Waals surface area contributed by atoms with E-state index in [9.17, 15) is 9.59 Å². The second-order valence-corrected chi connectivity index (χ2v) is 7.78. The van der Waals surface area contributed by atoms with Crippen molar-refractivity contribution >= 4 is 17.5 Å². The van der Waals surface area contributed by atoms with E-state index in [-0.39, 0.29) is 18.4 Å². The molecule has 1 aliphatic rings. The molecule has 0 saturated carbocycles. The van der Waals surface area contributed by atoms with Crippen LogP contribution in [0.5, 0.6) is 5.75 Å². The van der Waals surface area contributed by atoms with Crippen molar-refractivity contribution in [2.75, 3.05) is 25.0 Å². The number of anilines is 1. The highest BCUT2D eigenvalue weighted by Crippen LogP contribution is 2.26. The first-order valence-corrected chi connectivity index (χ1v) is 10.5. The van der Waals surface area contributed by atoms with Gasteiger partial charge in [0.15, 0.2) is 6.61 Å². The van der Waals surface area contributed by atoms with Crippen molar-refractivity contribution in [2.45, 2.75) is 45.4 Å². The number of nitrogens with one attached hydrogen (secondary N) is 1. The molecule has 1 saturated heterocycles. The number of carbonyl (C=O) groups is 2. The second kappa shape index (κ2) is 10.1. The highest BCUT2D eigenvalue weighted by atomic mass is 16.5. The molecule has 2 aromatic rings. The summed E-state index contributed by atoms with van der Waals surface area (Å²) in [5.74, 6) is 0.461. The molecular formula is C24H30N2O3. The van der Waals surface area contributed by atoms with E-state index in [4.69, 9.17) is 4.74 Å². The fraction of sp³-hybridized carbons (Fsp3) is 0.417. The molecular weight excluding hydrogens is 364 g/mol. The summed E-state index contributed by atoms with van der Waals surface area (Å²) in [7, 11) is 0. The number of para-hydroxylation sites is 2. The van der Waals surface area contributed by atoms with Crippen LogP contribution in [0.4, 0.5) is 5.69 Å². The van der Waals surface area contributed by atoms with E-state index >= 15 is 0 Å². The van der Waals surface area contributed by atoms with Crippen LogP contribution in [0.1, 0.15) is 61.4 Å². The first-order valence-electron chi connectivity index (χ1n) is 10.5. The van der Waals surface area contributed by atoms with Gasteiger partial charge in [-0.05, 0) is 42.5 Å². The molecule has 0 aromatic heterocycles. The maximum absolute atomic E-state index is 12.9. The first-order chi connectivity index (χ1) is 14.1. The summed E-state index contributed by atoms with van der Waals surface area (Å²) >= 11 is 0. The molecule has 1 heterocycles. The number of ether oxygens (including phenoxy) is 1. The van der Waals surface area contributed by atoms with Gasteiger partial charge >= 0.3 is 0 Å². The van der Waals surface area contributed by atoms with Gasteiger partial charge in [-0.15, -0.1) is 0 Å². The van der Waals surface area contributed by atoms with Gasteiger partial charge in [0.1, 0.15) is 5.75 Å². The number of nitrogens with zero attached hydrogens (tertiary/aromatic N) is 1. The molecule has 1 aliphatic heterocycles. The third-order valence-electron chi connectivity index (χ3n) is 5.27. The predicted octanol–water partition coefficient (Wildman–Crippen LogP) is 4.84. The summed E-state index contributed by atoms with van der Waals surface area (Å²) < 4.78 is 5.78. The van der Waals surface area contributed by atoms with Crippen LogP contribution in [-0.4, -0.2) is 36.4 Å². The SMILES string of the molecule is CC(C)c1ccccc1NC(=O)c1ccccc1OCC(=O)N1CCCCCC1. The van der Waals surface area contributed by atoms with Gasteiger partial charge in [-0.1, -0.05) is 57.0 Å². The average Bonchev–Trinajstić information content (AvgIpc) is 3.02. The maximum atomic E-state index is 12.9. The van der Waals surface area contributed by atoms with E-state index in [2.05, 4.69) is 19.2 Å². The first kappa shape index (κ1) is 20.9. The minimum absolute atomic E-state index is 0.0211. The predicted molar refractivity (Wildman–Crippen MR) is 115 cm³/mol. The number of hydrogen-bond acceptors (Lipinski definition) is 3. The molecule has 5 heteroatoms. The van der Waals surface area contributed by atoms with Gasteiger partial charge in [0.2, 0.25) is 0 Å². The van der Waals surface area contributed by atoms with E-state index in [1.165, 1.54) is 12.8 Å². The lowest BCUT2D eigenvalue weighted by molar-refractivity contribution is -0.133. The fourth-order valence-corrected chi connectivity index (χ4v) is 3.63. The molecule has 0 radical (unpaired) electrons. The Morgan fingerprint density at radius 3 is 2.34 bits per heavy atom. The van der Waals surface area contributed by atoms with Gasteiger partial charge < -0.3 is 15.0 Å². The highest BCUT2D eigenvalue weighted by molar-refractivity contribution is 6.06. The summed E-state index contributed by atoms with van der Waals surface area (Å²) in [6, 6.07) is 14.9. The standard InChI is InChI=1S/C24H30N2O3/c1-18(2)19-11-5-7-13-21(19)25-24(28)20-12-6-8-14-22(20)29-17-23(27)26-15-9-3-4-10-16-26/h5-8,11-14,18H,3-4,9-10,15-17H2,1-2H3,(H,25,28). The molecule has 0 unspecified atom stereocenters. The zero-order valence-electron chi connectivity index (χ0n) is 17.3. The Morgan fingerprint density at radius 1 is 0.966 bits per heavy atom. The maximum Gasteiger partial charge on any atom is 0.260 e. The van der Waals surface area contributed by atoms with Gasteiger partial charge in [0, 0.05) is 18.8 Å². The molecule has 0 bridgehead atoms. The minimum Gasteiger partial charge on any atom is -0.483 e. The van der Waals surface area contributed by atoms with E-state index in [1.807, 2.05) is 35.2 Å². The van der Waals surface area contributed by atoms with Crippen molar-refractivity contribution in [1.82, 2.24) is 4.90 Å². The van der Waals surface area contributed by atoms with Crippen LogP contribution in [0.25, 0.3) is 0 Å². The Labute approximate surface area is 173 Å². The zero-order valence-corrected chi connectivity index (χ0v) is 17.3. The molecule has 2 aromatic carbocycles. The number of benzene rings is 2.